The summed E-state index contributed by atoms with van der Waals surface area (Å²) in [5.74, 6) is 0.705. The number of carbonyl (C=O) groups excluding carboxylic acids is 1. The number of nitrogens with zero attached hydrogens (tertiary/aromatic N) is 1. The van der Waals surface area contributed by atoms with Gasteiger partial charge in [-0.1, -0.05) is 48.9 Å². The maximum Gasteiger partial charge on any atom is 0.251 e. The summed E-state index contributed by atoms with van der Waals surface area (Å²) >= 11 is 0. The Balaban J connectivity index is 0.00000280. The molecule has 2 aromatic carbocycles. The average molecular weight is 492 g/mol. The van der Waals surface area contributed by atoms with Gasteiger partial charge in [-0.05, 0) is 36.1 Å². The summed E-state index contributed by atoms with van der Waals surface area (Å²) in [6.45, 7) is 1.48. The second-order valence-corrected chi connectivity index (χ2v) is 7.06. The summed E-state index contributed by atoms with van der Waals surface area (Å²) in [4.78, 5) is 16.1. The lowest BCUT2D eigenvalue weighted by Gasteiger charge is -2.43. The van der Waals surface area contributed by atoms with Gasteiger partial charge in [0.2, 0.25) is 0 Å². The number of guanidine groups is 1. The van der Waals surface area contributed by atoms with E-state index in [1.54, 1.807) is 14.1 Å². The maximum atomic E-state index is 11.8. The largest absolute Gasteiger partial charge is 0.356 e. The zero-order chi connectivity index (χ0) is 19.1. The molecule has 5 nitrogen and oxygen atoms in total. The Morgan fingerprint density at radius 3 is 2.43 bits per heavy atom. The number of halogens is 1. The Labute approximate surface area is 184 Å². The van der Waals surface area contributed by atoms with Crippen LogP contribution >= 0.6 is 24.0 Å². The summed E-state index contributed by atoms with van der Waals surface area (Å²) in [6, 6.07) is 18.4. The van der Waals surface area contributed by atoms with Gasteiger partial charge in [0.05, 0.1) is 0 Å². The second kappa shape index (κ2) is 10.5. The first-order valence-electron chi connectivity index (χ1n) is 9.48. The summed E-state index contributed by atoms with van der Waals surface area (Å²) in [7, 11) is 3.42. The van der Waals surface area contributed by atoms with Gasteiger partial charge >= 0.3 is 0 Å². The highest BCUT2D eigenvalue weighted by molar-refractivity contribution is 14.0. The van der Waals surface area contributed by atoms with E-state index in [1.807, 2.05) is 24.3 Å². The van der Waals surface area contributed by atoms with Crippen LogP contribution in [0.5, 0.6) is 0 Å². The molecule has 6 heteroatoms. The molecule has 2 aromatic rings. The molecular weight excluding hydrogens is 463 g/mol. The van der Waals surface area contributed by atoms with Gasteiger partial charge in [0.1, 0.15) is 0 Å². The standard InChI is InChI=1S/C22H28N4O.HI/c1-23-20(27)18-9-6-8-17(14-18)15-25-21(24-2)26-16-22(12-7-13-22)19-10-4-3-5-11-19;/h3-6,8-11,14H,7,12-13,15-16H2,1-2H3,(H,23,27)(H2,24,25,26);1H. The smallest absolute Gasteiger partial charge is 0.251 e. The number of carbonyl (C=O) groups is 1. The van der Waals surface area contributed by atoms with Crippen LogP contribution in [-0.2, 0) is 12.0 Å². The van der Waals surface area contributed by atoms with E-state index in [9.17, 15) is 4.79 Å². The van der Waals surface area contributed by atoms with Crippen molar-refractivity contribution in [2.75, 3.05) is 20.6 Å². The van der Waals surface area contributed by atoms with E-state index < -0.39 is 0 Å². The first-order valence-corrected chi connectivity index (χ1v) is 9.48. The molecule has 0 bridgehead atoms. The lowest BCUT2D eigenvalue weighted by atomic mass is 9.64. The Kier molecular flexibility index (Phi) is 8.29. The van der Waals surface area contributed by atoms with Gasteiger partial charge in [-0.2, -0.15) is 0 Å². The fraction of sp³-hybridized carbons (Fsp3) is 0.364. The lowest BCUT2D eigenvalue weighted by molar-refractivity contribution is 0.0963. The van der Waals surface area contributed by atoms with Gasteiger partial charge in [0.25, 0.3) is 5.91 Å². The van der Waals surface area contributed by atoms with Crippen LogP contribution in [0, 0.1) is 0 Å². The van der Waals surface area contributed by atoms with Gasteiger partial charge in [-0.15, -0.1) is 24.0 Å². The zero-order valence-electron chi connectivity index (χ0n) is 16.5. The zero-order valence-corrected chi connectivity index (χ0v) is 18.8. The van der Waals surface area contributed by atoms with Crippen molar-refractivity contribution >= 4 is 35.8 Å². The van der Waals surface area contributed by atoms with Crippen molar-refractivity contribution < 1.29 is 4.79 Å². The van der Waals surface area contributed by atoms with Gasteiger partial charge in [0, 0.05) is 38.2 Å². The fourth-order valence-electron chi connectivity index (χ4n) is 3.59. The molecule has 3 N–H and O–H groups in total. The number of rotatable bonds is 6. The molecular formula is C22H29IN4O. The van der Waals surface area contributed by atoms with E-state index >= 15 is 0 Å². The molecule has 0 radical (unpaired) electrons. The first kappa shape index (κ1) is 22.2. The molecule has 0 spiro atoms. The van der Waals surface area contributed by atoms with Crippen molar-refractivity contribution in [3.05, 3.63) is 71.3 Å². The normalized spacial score (nSPS) is 15.0. The molecule has 0 atom stereocenters. The molecule has 1 aliphatic carbocycles. The molecule has 0 aliphatic heterocycles. The topological polar surface area (TPSA) is 65.5 Å². The summed E-state index contributed by atoms with van der Waals surface area (Å²) in [6.07, 6.45) is 3.68. The number of benzene rings is 2. The van der Waals surface area contributed by atoms with Crippen LogP contribution < -0.4 is 16.0 Å². The van der Waals surface area contributed by atoms with Crippen LogP contribution in [0.25, 0.3) is 0 Å². The number of amides is 1. The Bertz CT molecular complexity index is 803. The first-order chi connectivity index (χ1) is 13.2. The molecule has 1 amide bonds. The van der Waals surface area contributed by atoms with Crippen LogP contribution in [0.15, 0.2) is 59.6 Å². The van der Waals surface area contributed by atoms with E-state index in [0.717, 1.165) is 18.1 Å². The molecule has 1 fully saturated rings. The average Bonchev–Trinajstić information content (AvgIpc) is 2.69. The molecule has 150 valence electrons. The number of nitrogens with one attached hydrogen (secondary N) is 3. The predicted molar refractivity (Wildman–Crippen MR) is 125 cm³/mol. The fourth-order valence-corrected chi connectivity index (χ4v) is 3.59. The van der Waals surface area contributed by atoms with Crippen molar-refractivity contribution in [2.45, 2.75) is 31.2 Å². The van der Waals surface area contributed by atoms with E-state index in [-0.39, 0.29) is 35.3 Å². The van der Waals surface area contributed by atoms with E-state index in [1.165, 1.54) is 24.8 Å². The number of aliphatic imine (C=N–C) groups is 1. The van der Waals surface area contributed by atoms with Crippen LogP contribution in [0.3, 0.4) is 0 Å². The quantitative estimate of drug-likeness (QED) is 0.329. The van der Waals surface area contributed by atoms with Crippen molar-refractivity contribution in [2.24, 2.45) is 4.99 Å². The van der Waals surface area contributed by atoms with Crippen molar-refractivity contribution in [1.82, 2.24) is 16.0 Å². The van der Waals surface area contributed by atoms with E-state index in [0.29, 0.717) is 12.1 Å². The van der Waals surface area contributed by atoms with Crippen LogP contribution in [0.2, 0.25) is 0 Å². The van der Waals surface area contributed by atoms with Crippen molar-refractivity contribution in [3.8, 4) is 0 Å². The van der Waals surface area contributed by atoms with E-state index in [2.05, 4.69) is 51.3 Å². The predicted octanol–water partition coefficient (Wildman–Crippen LogP) is 3.45. The van der Waals surface area contributed by atoms with Crippen molar-refractivity contribution in [3.63, 3.8) is 0 Å². The number of hydrogen-bond acceptors (Lipinski definition) is 2. The third-order valence-corrected chi connectivity index (χ3v) is 5.39. The minimum atomic E-state index is -0.0749. The SMILES string of the molecule is CN=C(NCc1cccc(C(=O)NC)c1)NCC1(c2ccccc2)CCC1.I. The highest BCUT2D eigenvalue weighted by atomic mass is 127. The van der Waals surface area contributed by atoms with Crippen LogP contribution in [0.1, 0.15) is 40.7 Å². The Morgan fingerprint density at radius 2 is 1.82 bits per heavy atom. The Morgan fingerprint density at radius 1 is 1.07 bits per heavy atom. The minimum Gasteiger partial charge on any atom is -0.356 e. The summed E-state index contributed by atoms with van der Waals surface area (Å²) < 4.78 is 0. The summed E-state index contributed by atoms with van der Waals surface area (Å²) in [5, 5.41) is 9.49. The molecule has 3 rings (SSSR count). The maximum absolute atomic E-state index is 11.8. The van der Waals surface area contributed by atoms with Gasteiger partial charge in [-0.25, -0.2) is 0 Å². The lowest BCUT2D eigenvalue weighted by Crippen LogP contribution is -2.48. The molecule has 0 aromatic heterocycles. The molecule has 0 heterocycles. The molecule has 0 unspecified atom stereocenters. The third kappa shape index (κ3) is 5.25. The van der Waals surface area contributed by atoms with Gasteiger partial charge in [0.15, 0.2) is 5.96 Å². The monoisotopic (exact) mass is 492 g/mol. The van der Waals surface area contributed by atoms with Crippen LogP contribution in [0.4, 0.5) is 0 Å². The molecule has 28 heavy (non-hydrogen) atoms. The van der Waals surface area contributed by atoms with Crippen LogP contribution in [-0.4, -0.2) is 32.5 Å². The molecule has 1 aliphatic rings. The minimum absolute atomic E-state index is 0. The van der Waals surface area contributed by atoms with Gasteiger partial charge < -0.3 is 16.0 Å². The van der Waals surface area contributed by atoms with Crippen molar-refractivity contribution in [1.29, 1.82) is 0 Å². The second-order valence-electron chi connectivity index (χ2n) is 7.06. The molecule has 1 saturated carbocycles. The highest BCUT2D eigenvalue weighted by Gasteiger charge is 2.38. The van der Waals surface area contributed by atoms with E-state index in [4.69, 9.17) is 0 Å². The third-order valence-electron chi connectivity index (χ3n) is 5.39. The Hall–Kier alpha value is -2.09. The molecule has 0 saturated heterocycles. The highest BCUT2D eigenvalue weighted by Crippen LogP contribution is 2.43. The summed E-state index contributed by atoms with van der Waals surface area (Å²) in [5.41, 5.74) is 3.31. The number of hydrogen-bond donors (Lipinski definition) is 3. The van der Waals surface area contributed by atoms with Gasteiger partial charge in [-0.3, -0.25) is 9.79 Å².